The zero-order valence-corrected chi connectivity index (χ0v) is 10.7. The monoisotopic (exact) mass is 228 g/mol. The molecule has 0 bridgehead atoms. The van der Waals surface area contributed by atoms with Gasteiger partial charge in [0.05, 0.1) is 0 Å². The molecule has 1 fully saturated rings. The summed E-state index contributed by atoms with van der Waals surface area (Å²) in [4.78, 5) is 13.3. The minimum Gasteiger partial charge on any atom is -0.480 e. The number of hydrogen-bond donors (Lipinski definition) is 2. The molecule has 1 aliphatic rings. The Bertz CT molecular complexity index is 245. The Hall–Kier alpha value is -0.610. The number of carboxylic acid groups (broad SMARTS) is 1. The summed E-state index contributed by atoms with van der Waals surface area (Å²) in [5.41, 5.74) is 0. The second-order valence-electron chi connectivity index (χ2n) is 5.19. The molecule has 0 radical (unpaired) electrons. The average molecular weight is 228 g/mol. The van der Waals surface area contributed by atoms with Crippen molar-refractivity contribution in [1.29, 1.82) is 0 Å². The fourth-order valence-corrected chi connectivity index (χ4v) is 2.60. The van der Waals surface area contributed by atoms with E-state index in [1.807, 2.05) is 0 Å². The van der Waals surface area contributed by atoms with Crippen LogP contribution in [0.3, 0.4) is 0 Å². The predicted molar refractivity (Wildman–Crippen MR) is 64.5 cm³/mol. The van der Waals surface area contributed by atoms with E-state index in [1.54, 1.807) is 7.05 Å². The number of nitrogens with zero attached hydrogens (tertiary/aromatic N) is 1. The highest BCUT2D eigenvalue weighted by molar-refractivity contribution is 5.73. The van der Waals surface area contributed by atoms with Crippen LogP contribution in [0.1, 0.15) is 27.2 Å². The summed E-state index contributed by atoms with van der Waals surface area (Å²) in [7, 11) is 1.71. The third kappa shape index (κ3) is 3.19. The van der Waals surface area contributed by atoms with E-state index in [4.69, 9.17) is 5.11 Å². The first kappa shape index (κ1) is 13.5. The van der Waals surface area contributed by atoms with Crippen molar-refractivity contribution in [2.24, 2.45) is 11.8 Å². The summed E-state index contributed by atoms with van der Waals surface area (Å²) in [5, 5.41) is 11.9. The van der Waals surface area contributed by atoms with Gasteiger partial charge in [0, 0.05) is 19.1 Å². The van der Waals surface area contributed by atoms with E-state index in [-0.39, 0.29) is 0 Å². The van der Waals surface area contributed by atoms with Crippen molar-refractivity contribution in [3.05, 3.63) is 0 Å². The Balaban J connectivity index is 2.60. The van der Waals surface area contributed by atoms with Crippen molar-refractivity contribution < 1.29 is 9.90 Å². The van der Waals surface area contributed by atoms with Gasteiger partial charge in [-0.15, -0.1) is 0 Å². The molecule has 0 aromatic rings. The molecule has 1 rings (SSSR count). The number of aliphatic carboxylic acids is 1. The van der Waals surface area contributed by atoms with Gasteiger partial charge in [-0.1, -0.05) is 13.8 Å². The molecular formula is C12H24N2O2. The molecule has 0 aromatic heterocycles. The van der Waals surface area contributed by atoms with E-state index in [0.29, 0.717) is 24.4 Å². The van der Waals surface area contributed by atoms with Crippen LogP contribution in [-0.4, -0.2) is 48.2 Å². The summed E-state index contributed by atoms with van der Waals surface area (Å²) >= 11 is 0. The lowest BCUT2D eigenvalue weighted by atomic mass is 9.86. The summed E-state index contributed by atoms with van der Waals surface area (Å²) in [6.07, 6.45) is 1.24. The first-order chi connectivity index (χ1) is 7.45. The molecule has 4 unspecified atom stereocenters. The molecule has 0 amide bonds. The average Bonchev–Trinajstić information content (AvgIpc) is 2.20. The van der Waals surface area contributed by atoms with E-state index in [0.717, 1.165) is 6.54 Å². The lowest BCUT2D eigenvalue weighted by Gasteiger charge is -2.42. The van der Waals surface area contributed by atoms with E-state index < -0.39 is 12.0 Å². The minimum atomic E-state index is -0.763. The van der Waals surface area contributed by atoms with E-state index in [9.17, 15) is 4.79 Å². The van der Waals surface area contributed by atoms with Gasteiger partial charge in [0.1, 0.15) is 6.04 Å². The van der Waals surface area contributed by atoms with Crippen LogP contribution < -0.4 is 5.32 Å². The molecule has 2 N–H and O–H groups in total. The second kappa shape index (κ2) is 5.64. The third-order valence-corrected chi connectivity index (χ3v) is 3.78. The number of hydrogen-bond acceptors (Lipinski definition) is 3. The zero-order valence-electron chi connectivity index (χ0n) is 10.7. The van der Waals surface area contributed by atoms with Gasteiger partial charge in [0.15, 0.2) is 0 Å². The van der Waals surface area contributed by atoms with Crippen LogP contribution in [0.2, 0.25) is 0 Å². The van der Waals surface area contributed by atoms with Gasteiger partial charge in [-0.05, 0) is 32.2 Å². The Morgan fingerprint density at radius 1 is 1.50 bits per heavy atom. The molecule has 0 aromatic carbocycles. The van der Waals surface area contributed by atoms with Crippen LogP contribution in [0.4, 0.5) is 0 Å². The molecule has 0 spiro atoms. The lowest BCUT2D eigenvalue weighted by molar-refractivity contribution is -0.140. The van der Waals surface area contributed by atoms with Crippen LogP contribution in [0.25, 0.3) is 0 Å². The van der Waals surface area contributed by atoms with Gasteiger partial charge < -0.3 is 10.4 Å². The van der Waals surface area contributed by atoms with Crippen molar-refractivity contribution in [3.8, 4) is 0 Å². The molecular weight excluding hydrogens is 204 g/mol. The Morgan fingerprint density at radius 3 is 2.62 bits per heavy atom. The minimum absolute atomic E-state index is 0.458. The Morgan fingerprint density at radius 2 is 2.12 bits per heavy atom. The smallest absolute Gasteiger partial charge is 0.322 e. The number of likely N-dealkylation sites (N-methyl/N-ethyl adjacent to an activating group) is 1. The Kier molecular flexibility index (Phi) is 4.74. The van der Waals surface area contributed by atoms with Gasteiger partial charge in [0.25, 0.3) is 0 Å². The summed E-state index contributed by atoms with van der Waals surface area (Å²) in [5.74, 6) is 0.549. The van der Waals surface area contributed by atoms with Crippen LogP contribution in [0, 0.1) is 11.8 Å². The lowest BCUT2D eigenvalue weighted by Crippen LogP contribution is -2.52. The maximum atomic E-state index is 11.0. The summed E-state index contributed by atoms with van der Waals surface area (Å²) in [6, 6.07) is 0.0198. The van der Waals surface area contributed by atoms with Gasteiger partial charge in [0.2, 0.25) is 0 Å². The SMILES string of the molecule is CNC(CN1CC(C)CC(C)C1C)C(=O)O. The quantitative estimate of drug-likeness (QED) is 0.754. The highest BCUT2D eigenvalue weighted by Gasteiger charge is 2.31. The number of nitrogens with one attached hydrogen (secondary N) is 1. The normalized spacial score (nSPS) is 33.6. The first-order valence-electron chi connectivity index (χ1n) is 6.09. The van der Waals surface area contributed by atoms with Gasteiger partial charge >= 0.3 is 5.97 Å². The fourth-order valence-electron chi connectivity index (χ4n) is 2.60. The topological polar surface area (TPSA) is 52.6 Å². The highest BCUT2D eigenvalue weighted by atomic mass is 16.4. The van der Waals surface area contributed by atoms with Crippen molar-refractivity contribution in [3.63, 3.8) is 0 Å². The maximum Gasteiger partial charge on any atom is 0.322 e. The van der Waals surface area contributed by atoms with Crippen LogP contribution >= 0.6 is 0 Å². The number of likely N-dealkylation sites (tertiary alicyclic amines) is 1. The van der Waals surface area contributed by atoms with Crippen molar-refractivity contribution in [2.45, 2.75) is 39.3 Å². The second-order valence-corrected chi connectivity index (χ2v) is 5.19. The summed E-state index contributed by atoms with van der Waals surface area (Å²) in [6.45, 7) is 8.30. The van der Waals surface area contributed by atoms with Crippen LogP contribution in [0.5, 0.6) is 0 Å². The van der Waals surface area contributed by atoms with Crippen LogP contribution in [-0.2, 0) is 4.79 Å². The van der Waals surface area contributed by atoms with Crippen LogP contribution in [0.15, 0.2) is 0 Å². The maximum absolute atomic E-state index is 11.0. The molecule has 1 aliphatic heterocycles. The van der Waals surface area contributed by atoms with Gasteiger partial charge in [-0.2, -0.15) is 0 Å². The van der Waals surface area contributed by atoms with Gasteiger partial charge in [-0.25, -0.2) is 0 Å². The molecule has 1 saturated heterocycles. The van der Waals surface area contributed by atoms with Crippen molar-refractivity contribution in [1.82, 2.24) is 10.2 Å². The Labute approximate surface area is 98.0 Å². The van der Waals surface area contributed by atoms with E-state index in [2.05, 4.69) is 31.0 Å². The molecule has 94 valence electrons. The molecule has 4 atom stereocenters. The number of piperidine rings is 1. The van der Waals surface area contributed by atoms with Crippen molar-refractivity contribution >= 4 is 5.97 Å². The van der Waals surface area contributed by atoms with Gasteiger partial charge in [-0.3, -0.25) is 9.69 Å². The standard InChI is InChI=1S/C12H24N2O2/c1-8-5-9(2)10(3)14(6-8)7-11(13-4)12(15)16/h8-11,13H,5-7H2,1-4H3,(H,15,16). The highest BCUT2D eigenvalue weighted by Crippen LogP contribution is 2.26. The molecule has 4 heteroatoms. The fraction of sp³-hybridized carbons (Fsp3) is 0.917. The largest absolute Gasteiger partial charge is 0.480 e. The van der Waals surface area contributed by atoms with Crippen molar-refractivity contribution in [2.75, 3.05) is 20.1 Å². The zero-order chi connectivity index (χ0) is 12.3. The summed E-state index contributed by atoms with van der Waals surface area (Å²) < 4.78 is 0. The molecule has 4 nitrogen and oxygen atoms in total. The number of rotatable bonds is 4. The molecule has 16 heavy (non-hydrogen) atoms. The third-order valence-electron chi connectivity index (χ3n) is 3.78. The van der Waals surface area contributed by atoms with E-state index in [1.165, 1.54) is 6.42 Å². The first-order valence-corrected chi connectivity index (χ1v) is 6.09. The number of carbonyl (C=O) groups is 1. The number of carboxylic acids is 1. The molecule has 1 heterocycles. The molecule has 0 saturated carbocycles. The molecule has 0 aliphatic carbocycles. The predicted octanol–water partition coefficient (Wildman–Crippen LogP) is 1.03. The van der Waals surface area contributed by atoms with E-state index >= 15 is 0 Å².